The Balaban J connectivity index is 2.28. The fourth-order valence-electron chi connectivity index (χ4n) is 2.47. The highest BCUT2D eigenvalue weighted by atomic mass is 35.5. The number of hydrogen-bond donors (Lipinski definition) is 2. The van der Waals surface area contributed by atoms with Gasteiger partial charge in [0.1, 0.15) is 6.04 Å². The number of rotatable bonds is 3. The lowest BCUT2D eigenvalue weighted by atomic mass is 10.0. The van der Waals surface area contributed by atoms with E-state index in [1.165, 1.54) is 0 Å². The maximum Gasteiger partial charge on any atom is 0.236 e. The molecule has 1 amide bonds. The lowest BCUT2D eigenvalue weighted by Gasteiger charge is -2.38. The zero-order valence-electron chi connectivity index (χ0n) is 10.7. The first kappa shape index (κ1) is 14.6. The van der Waals surface area contributed by atoms with Crippen molar-refractivity contribution in [3.05, 3.63) is 33.8 Å². The normalized spacial score (nSPS) is 22.2. The van der Waals surface area contributed by atoms with Gasteiger partial charge in [-0.05, 0) is 18.6 Å². The number of benzene rings is 1. The number of halogens is 2. The fourth-order valence-corrected chi connectivity index (χ4v) is 2.94. The van der Waals surface area contributed by atoms with Crippen LogP contribution in [0.3, 0.4) is 0 Å². The third-order valence-corrected chi connectivity index (χ3v) is 4.38. The molecule has 0 saturated carbocycles. The number of carbonyl (C=O) groups is 1. The van der Waals surface area contributed by atoms with Crippen LogP contribution in [0.4, 0.5) is 0 Å². The quantitative estimate of drug-likeness (QED) is 0.895. The minimum absolute atomic E-state index is 0.00852. The average Bonchev–Trinajstić information content (AvgIpc) is 2.41. The average molecular weight is 302 g/mol. The standard InChI is InChI=1S/C13H17Cl2N3O/c1-8(9-3-2-4-10(14)12(9)15)18-6-5-17-7-11(18)13(16)19/h2-4,8,11,17H,5-7H2,1H3,(H2,16,19). The topological polar surface area (TPSA) is 58.4 Å². The Bertz CT molecular complexity index is 481. The second kappa shape index (κ2) is 6.09. The van der Waals surface area contributed by atoms with Gasteiger partial charge in [0.05, 0.1) is 10.0 Å². The van der Waals surface area contributed by atoms with Crippen LogP contribution in [0, 0.1) is 0 Å². The number of primary amides is 1. The minimum atomic E-state index is -0.322. The molecule has 0 aliphatic carbocycles. The minimum Gasteiger partial charge on any atom is -0.368 e. The van der Waals surface area contributed by atoms with Crippen molar-refractivity contribution in [2.75, 3.05) is 19.6 Å². The molecule has 0 spiro atoms. The fraction of sp³-hybridized carbons (Fsp3) is 0.462. The number of nitrogens with two attached hydrogens (primary N) is 1. The molecule has 2 unspecified atom stereocenters. The summed E-state index contributed by atoms with van der Waals surface area (Å²) in [6, 6.07) is 5.22. The Morgan fingerprint density at radius 1 is 1.53 bits per heavy atom. The van der Waals surface area contributed by atoms with Crippen LogP contribution in [0.5, 0.6) is 0 Å². The highest BCUT2D eigenvalue weighted by Gasteiger charge is 2.31. The maximum atomic E-state index is 11.5. The predicted molar refractivity (Wildman–Crippen MR) is 77.4 cm³/mol. The molecule has 1 saturated heterocycles. The van der Waals surface area contributed by atoms with E-state index in [0.29, 0.717) is 16.6 Å². The van der Waals surface area contributed by atoms with Gasteiger partial charge in [-0.1, -0.05) is 35.3 Å². The molecule has 1 heterocycles. The molecular formula is C13H17Cl2N3O. The first-order valence-corrected chi connectivity index (χ1v) is 6.97. The SMILES string of the molecule is CC(c1cccc(Cl)c1Cl)N1CCNCC1C(N)=O. The Morgan fingerprint density at radius 2 is 2.26 bits per heavy atom. The van der Waals surface area contributed by atoms with Crippen LogP contribution in [0.1, 0.15) is 18.5 Å². The summed E-state index contributed by atoms with van der Waals surface area (Å²) in [6.07, 6.45) is 0. The van der Waals surface area contributed by atoms with E-state index >= 15 is 0 Å². The number of nitrogens with zero attached hydrogens (tertiary/aromatic N) is 1. The van der Waals surface area contributed by atoms with Crippen LogP contribution < -0.4 is 11.1 Å². The second-order valence-electron chi connectivity index (χ2n) is 4.68. The zero-order chi connectivity index (χ0) is 14.0. The monoisotopic (exact) mass is 301 g/mol. The predicted octanol–water partition coefficient (Wildman–Crippen LogP) is 1.81. The number of hydrogen-bond acceptors (Lipinski definition) is 3. The van der Waals surface area contributed by atoms with E-state index in [1.807, 2.05) is 19.1 Å². The third-order valence-electron chi connectivity index (χ3n) is 3.54. The zero-order valence-corrected chi connectivity index (χ0v) is 12.2. The molecule has 2 rings (SSSR count). The van der Waals surface area contributed by atoms with Crippen LogP contribution in [-0.4, -0.2) is 36.5 Å². The third kappa shape index (κ3) is 3.03. The summed E-state index contributed by atoms with van der Waals surface area (Å²) in [4.78, 5) is 13.6. The van der Waals surface area contributed by atoms with Crippen LogP contribution in [0.15, 0.2) is 18.2 Å². The van der Waals surface area contributed by atoms with Gasteiger partial charge < -0.3 is 11.1 Å². The Hall–Kier alpha value is -0.810. The van der Waals surface area contributed by atoms with Crippen molar-refractivity contribution in [2.24, 2.45) is 5.73 Å². The van der Waals surface area contributed by atoms with Gasteiger partial charge in [-0.2, -0.15) is 0 Å². The Kier molecular flexibility index (Phi) is 4.68. The van der Waals surface area contributed by atoms with Crippen molar-refractivity contribution in [3.63, 3.8) is 0 Å². The molecule has 3 N–H and O–H groups in total. The molecule has 6 heteroatoms. The summed E-state index contributed by atoms with van der Waals surface area (Å²) in [5.41, 5.74) is 6.38. The second-order valence-corrected chi connectivity index (χ2v) is 5.46. The molecule has 1 aromatic carbocycles. The van der Waals surface area contributed by atoms with Crippen LogP contribution in [-0.2, 0) is 4.79 Å². The maximum absolute atomic E-state index is 11.5. The molecule has 104 valence electrons. The molecule has 1 aromatic rings. The molecule has 1 fully saturated rings. The largest absolute Gasteiger partial charge is 0.368 e. The van der Waals surface area contributed by atoms with E-state index in [-0.39, 0.29) is 18.0 Å². The van der Waals surface area contributed by atoms with Gasteiger partial charge in [-0.25, -0.2) is 0 Å². The van der Waals surface area contributed by atoms with Crippen molar-refractivity contribution in [3.8, 4) is 0 Å². The van der Waals surface area contributed by atoms with E-state index in [9.17, 15) is 4.79 Å². The molecule has 1 aliphatic heterocycles. The molecule has 0 radical (unpaired) electrons. The highest BCUT2D eigenvalue weighted by Crippen LogP contribution is 2.33. The summed E-state index contributed by atoms with van der Waals surface area (Å²) in [5, 5.41) is 4.24. The molecule has 2 atom stereocenters. The smallest absolute Gasteiger partial charge is 0.236 e. The van der Waals surface area contributed by atoms with Crippen molar-refractivity contribution >= 4 is 29.1 Å². The Labute approximate surface area is 122 Å². The summed E-state index contributed by atoms with van der Waals surface area (Å²) in [5.74, 6) is -0.322. The van der Waals surface area contributed by atoms with Crippen molar-refractivity contribution in [1.29, 1.82) is 0 Å². The van der Waals surface area contributed by atoms with Crippen LogP contribution in [0.2, 0.25) is 10.0 Å². The number of carbonyl (C=O) groups excluding carboxylic acids is 1. The van der Waals surface area contributed by atoms with E-state index in [4.69, 9.17) is 28.9 Å². The van der Waals surface area contributed by atoms with Gasteiger partial charge in [0.2, 0.25) is 5.91 Å². The molecule has 4 nitrogen and oxygen atoms in total. The summed E-state index contributed by atoms with van der Waals surface area (Å²) < 4.78 is 0. The van der Waals surface area contributed by atoms with Crippen LogP contribution >= 0.6 is 23.2 Å². The number of piperazine rings is 1. The molecule has 19 heavy (non-hydrogen) atoms. The van der Waals surface area contributed by atoms with Crippen molar-refractivity contribution in [2.45, 2.75) is 19.0 Å². The van der Waals surface area contributed by atoms with E-state index in [2.05, 4.69) is 10.2 Å². The number of nitrogens with one attached hydrogen (secondary N) is 1. The molecule has 0 bridgehead atoms. The molecule has 0 aromatic heterocycles. The lowest BCUT2D eigenvalue weighted by Crippen LogP contribution is -2.57. The van der Waals surface area contributed by atoms with Gasteiger partial charge in [-0.15, -0.1) is 0 Å². The first-order valence-electron chi connectivity index (χ1n) is 6.22. The Morgan fingerprint density at radius 3 is 2.95 bits per heavy atom. The first-order chi connectivity index (χ1) is 9.02. The summed E-state index contributed by atoms with van der Waals surface area (Å²) >= 11 is 12.3. The molecular weight excluding hydrogens is 285 g/mol. The highest BCUT2D eigenvalue weighted by molar-refractivity contribution is 6.42. The summed E-state index contributed by atoms with van der Waals surface area (Å²) in [7, 11) is 0. The van der Waals surface area contributed by atoms with Crippen molar-refractivity contribution in [1.82, 2.24) is 10.2 Å². The van der Waals surface area contributed by atoms with Gasteiger partial charge in [0.25, 0.3) is 0 Å². The van der Waals surface area contributed by atoms with Gasteiger partial charge in [-0.3, -0.25) is 9.69 Å². The van der Waals surface area contributed by atoms with Gasteiger partial charge in [0, 0.05) is 25.7 Å². The lowest BCUT2D eigenvalue weighted by molar-refractivity contribution is -0.124. The summed E-state index contributed by atoms with van der Waals surface area (Å²) in [6.45, 7) is 4.15. The molecule has 1 aliphatic rings. The van der Waals surface area contributed by atoms with Gasteiger partial charge in [0.15, 0.2) is 0 Å². The van der Waals surface area contributed by atoms with E-state index in [1.54, 1.807) is 6.07 Å². The number of amides is 1. The van der Waals surface area contributed by atoms with E-state index < -0.39 is 0 Å². The van der Waals surface area contributed by atoms with Gasteiger partial charge >= 0.3 is 0 Å². The van der Waals surface area contributed by atoms with Crippen LogP contribution in [0.25, 0.3) is 0 Å². The van der Waals surface area contributed by atoms with Crippen molar-refractivity contribution < 1.29 is 4.79 Å². The van der Waals surface area contributed by atoms with E-state index in [0.717, 1.165) is 18.7 Å².